The Bertz CT molecular complexity index is 473. The third-order valence-electron chi connectivity index (χ3n) is 2.57. The Morgan fingerprint density at radius 3 is 2.60 bits per heavy atom. The zero-order valence-corrected chi connectivity index (χ0v) is 11.6. The van der Waals surface area contributed by atoms with Crippen LogP contribution in [0.4, 0.5) is 0 Å². The van der Waals surface area contributed by atoms with E-state index in [2.05, 4.69) is 5.32 Å². The molecular weight excluding hydrogens is 262 g/mol. The van der Waals surface area contributed by atoms with Crippen LogP contribution in [0.1, 0.15) is 25.3 Å². The zero-order valence-electron chi connectivity index (χ0n) is 11.6. The highest BCUT2D eigenvalue weighted by Gasteiger charge is 2.06. The van der Waals surface area contributed by atoms with Crippen molar-refractivity contribution < 1.29 is 24.2 Å². The van der Waals surface area contributed by atoms with E-state index in [4.69, 9.17) is 9.47 Å². The summed E-state index contributed by atoms with van der Waals surface area (Å²) in [7, 11) is 1.54. The van der Waals surface area contributed by atoms with E-state index < -0.39 is 5.97 Å². The molecule has 0 aliphatic carbocycles. The highest BCUT2D eigenvalue weighted by molar-refractivity contribution is 5.79. The first-order chi connectivity index (χ1) is 9.56. The van der Waals surface area contributed by atoms with Crippen LogP contribution in [0.2, 0.25) is 0 Å². The summed E-state index contributed by atoms with van der Waals surface area (Å²) in [5.41, 5.74) is 0.840. The SMILES string of the molecule is CCOc1ccc(CNC(=O)CCC(=O)[O-])cc1OC. The van der Waals surface area contributed by atoms with E-state index in [0.717, 1.165) is 5.56 Å². The molecule has 0 fully saturated rings. The second-order valence-electron chi connectivity index (χ2n) is 4.07. The van der Waals surface area contributed by atoms with Crippen LogP contribution in [0.15, 0.2) is 18.2 Å². The van der Waals surface area contributed by atoms with Gasteiger partial charge in [0.15, 0.2) is 11.5 Å². The third kappa shape index (κ3) is 5.17. The number of carbonyl (C=O) groups excluding carboxylic acids is 2. The van der Waals surface area contributed by atoms with Gasteiger partial charge in [0.05, 0.1) is 13.7 Å². The lowest BCUT2D eigenvalue weighted by Crippen LogP contribution is -2.27. The number of benzene rings is 1. The van der Waals surface area contributed by atoms with E-state index in [9.17, 15) is 14.7 Å². The summed E-state index contributed by atoms with van der Waals surface area (Å²) in [5, 5.41) is 12.9. The van der Waals surface area contributed by atoms with Crippen molar-refractivity contribution in [2.45, 2.75) is 26.3 Å². The van der Waals surface area contributed by atoms with E-state index in [0.29, 0.717) is 24.7 Å². The van der Waals surface area contributed by atoms with E-state index in [1.807, 2.05) is 13.0 Å². The number of carbonyl (C=O) groups is 2. The van der Waals surface area contributed by atoms with Crippen molar-refractivity contribution >= 4 is 11.9 Å². The molecule has 6 heteroatoms. The first-order valence-corrected chi connectivity index (χ1v) is 6.33. The van der Waals surface area contributed by atoms with Gasteiger partial charge in [0.1, 0.15) is 0 Å². The minimum Gasteiger partial charge on any atom is -0.550 e. The van der Waals surface area contributed by atoms with Crippen LogP contribution in [0.5, 0.6) is 11.5 Å². The number of ether oxygens (including phenoxy) is 2. The Kier molecular flexibility index (Phi) is 6.36. The first-order valence-electron chi connectivity index (χ1n) is 6.33. The highest BCUT2D eigenvalue weighted by Crippen LogP contribution is 2.27. The Hall–Kier alpha value is -2.24. The van der Waals surface area contributed by atoms with Gasteiger partial charge in [-0.1, -0.05) is 6.07 Å². The van der Waals surface area contributed by atoms with Gasteiger partial charge in [-0.2, -0.15) is 0 Å². The normalized spacial score (nSPS) is 9.90. The van der Waals surface area contributed by atoms with Crippen LogP contribution in [-0.4, -0.2) is 25.6 Å². The Labute approximate surface area is 117 Å². The molecule has 20 heavy (non-hydrogen) atoms. The van der Waals surface area contributed by atoms with Crippen molar-refractivity contribution in [1.82, 2.24) is 5.32 Å². The number of rotatable bonds is 8. The van der Waals surface area contributed by atoms with Crippen molar-refractivity contribution in [1.29, 1.82) is 0 Å². The third-order valence-corrected chi connectivity index (χ3v) is 2.57. The monoisotopic (exact) mass is 280 g/mol. The van der Waals surface area contributed by atoms with Gasteiger partial charge in [0, 0.05) is 18.9 Å². The molecule has 0 radical (unpaired) electrons. The standard InChI is InChI=1S/C14H19NO5/c1-3-20-11-5-4-10(8-12(11)19-2)9-15-13(16)6-7-14(17)18/h4-5,8H,3,6-7,9H2,1-2H3,(H,15,16)(H,17,18)/p-1. The lowest BCUT2D eigenvalue weighted by molar-refractivity contribution is -0.305. The van der Waals surface area contributed by atoms with E-state index >= 15 is 0 Å². The summed E-state index contributed by atoms with van der Waals surface area (Å²) in [5.74, 6) is -0.333. The van der Waals surface area contributed by atoms with Gasteiger partial charge in [0.25, 0.3) is 0 Å². The van der Waals surface area contributed by atoms with E-state index in [-0.39, 0.29) is 18.7 Å². The van der Waals surface area contributed by atoms with Crippen molar-refractivity contribution in [2.24, 2.45) is 0 Å². The average Bonchev–Trinajstić information content (AvgIpc) is 2.44. The number of hydrogen-bond donors (Lipinski definition) is 1. The van der Waals surface area contributed by atoms with Crippen LogP contribution >= 0.6 is 0 Å². The summed E-state index contributed by atoms with van der Waals surface area (Å²) in [4.78, 5) is 21.6. The minimum atomic E-state index is -1.23. The van der Waals surface area contributed by atoms with Crippen LogP contribution in [0, 0.1) is 0 Å². The molecule has 0 saturated heterocycles. The molecule has 0 spiro atoms. The molecule has 0 aromatic heterocycles. The quantitative estimate of drug-likeness (QED) is 0.737. The lowest BCUT2D eigenvalue weighted by atomic mass is 10.2. The summed E-state index contributed by atoms with van der Waals surface area (Å²) < 4.78 is 10.6. The predicted molar refractivity (Wildman–Crippen MR) is 70.3 cm³/mol. The summed E-state index contributed by atoms with van der Waals surface area (Å²) in [6.07, 6.45) is -0.366. The molecule has 1 aromatic carbocycles. The van der Waals surface area contributed by atoms with Gasteiger partial charge in [-0.15, -0.1) is 0 Å². The predicted octanol–water partition coefficient (Wildman–Crippen LogP) is 0.240. The lowest BCUT2D eigenvalue weighted by Gasteiger charge is -2.11. The first kappa shape index (κ1) is 15.8. The molecular formula is C14H18NO5-. The van der Waals surface area contributed by atoms with Crippen LogP contribution in [0.25, 0.3) is 0 Å². The summed E-state index contributed by atoms with van der Waals surface area (Å²) in [6.45, 7) is 2.72. The van der Waals surface area contributed by atoms with Gasteiger partial charge in [-0.05, 0) is 31.0 Å². The second kappa shape index (κ2) is 8.04. The molecule has 1 aromatic rings. The van der Waals surface area contributed by atoms with E-state index in [1.54, 1.807) is 19.2 Å². The van der Waals surface area contributed by atoms with Gasteiger partial charge in [0.2, 0.25) is 5.91 Å². The number of amides is 1. The molecule has 0 unspecified atom stereocenters. The highest BCUT2D eigenvalue weighted by atomic mass is 16.5. The van der Waals surface area contributed by atoms with Crippen molar-refractivity contribution in [3.8, 4) is 11.5 Å². The van der Waals surface area contributed by atoms with Gasteiger partial charge in [-0.25, -0.2) is 0 Å². The Morgan fingerprint density at radius 2 is 2.00 bits per heavy atom. The molecule has 6 nitrogen and oxygen atoms in total. The van der Waals surface area contributed by atoms with Crippen LogP contribution in [-0.2, 0) is 16.1 Å². The molecule has 0 saturated carbocycles. The van der Waals surface area contributed by atoms with Crippen LogP contribution in [0.3, 0.4) is 0 Å². The minimum absolute atomic E-state index is 0.0868. The van der Waals surface area contributed by atoms with Crippen molar-refractivity contribution in [3.63, 3.8) is 0 Å². The smallest absolute Gasteiger partial charge is 0.220 e. The fourth-order valence-corrected chi connectivity index (χ4v) is 1.60. The fraction of sp³-hybridized carbons (Fsp3) is 0.429. The number of nitrogens with one attached hydrogen (secondary N) is 1. The number of hydrogen-bond acceptors (Lipinski definition) is 5. The van der Waals surface area contributed by atoms with Gasteiger partial charge < -0.3 is 24.7 Å². The van der Waals surface area contributed by atoms with Gasteiger partial charge >= 0.3 is 0 Å². The Balaban J connectivity index is 2.55. The van der Waals surface area contributed by atoms with Crippen LogP contribution < -0.4 is 19.9 Å². The average molecular weight is 280 g/mol. The molecule has 110 valence electrons. The Morgan fingerprint density at radius 1 is 1.25 bits per heavy atom. The molecule has 0 heterocycles. The number of carboxylic acids is 1. The molecule has 0 aliphatic rings. The molecule has 0 atom stereocenters. The topological polar surface area (TPSA) is 87.7 Å². The number of methoxy groups -OCH3 is 1. The number of aliphatic carboxylic acids is 1. The maximum absolute atomic E-state index is 11.4. The summed E-state index contributed by atoms with van der Waals surface area (Å²) in [6, 6.07) is 5.35. The molecule has 0 bridgehead atoms. The molecule has 0 aliphatic heterocycles. The van der Waals surface area contributed by atoms with Crippen molar-refractivity contribution in [2.75, 3.05) is 13.7 Å². The largest absolute Gasteiger partial charge is 0.550 e. The fourth-order valence-electron chi connectivity index (χ4n) is 1.60. The van der Waals surface area contributed by atoms with E-state index in [1.165, 1.54) is 0 Å². The molecule has 1 rings (SSSR count). The zero-order chi connectivity index (χ0) is 15.0. The van der Waals surface area contributed by atoms with Crippen molar-refractivity contribution in [3.05, 3.63) is 23.8 Å². The maximum Gasteiger partial charge on any atom is 0.220 e. The second-order valence-corrected chi connectivity index (χ2v) is 4.07. The number of carboxylic acid groups (broad SMARTS) is 1. The molecule has 1 amide bonds. The summed E-state index contributed by atoms with van der Waals surface area (Å²) >= 11 is 0. The molecule has 1 N–H and O–H groups in total. The van der Waals surface area contributed by atoms with Gasteiger partial charge in [-0.3, -0.25) is 4.79 Å². The maximum atomic E-state index is 11.4.